The van der Waals surface area contributed by atoms with Gasteiger partial charge in [-0.15, -0.1) is 0 Å². The van der Waals surface area contributed by atoms with Gasteiger partial charge in [0.05, 0.1) is 7.11 Å². The monoisotopic (exact) mass is 309 g/mol. The fraction of sp³-hybridized carbons (Fsp3) is 0.429. The van der Waals surface area contributed by atoms with Crippen molar-refractivity contribution in [2.45, 2.75) is 38.6 Å². The summed E-state index contributed by atoms with van der Waals surface area (Å²) in [4.78, 5) is 2.40. The average molecular weight is 309 g/mol. The summed E-state index contributed by atoms with van der Waals surface area (Å²) < 4.78 is 5.70. The van der Waals surface area contributed by atoms with Crippen LogP contribution in [0.1, 0.15) is 48.9 Å². The zero-order valence-electron chi connectivity index (χ0n) is 14.9. The SMILES string of the molecule is COc1ccc(C(C)(C)C)cc1C1CN(C)Cc2ccccc21. The fourth-order valence-corrected chi connectivity index (χ4v) is 3.52. The van der Waals surface area contributed by atoms with Gasteiger partial charge in [0.1, 0.15) is 5.75 Å². The standard InChI is InChI=1S/C21H27NO/c1-21(2,3)16-10-11-20(23-5)18(12-16)19-14-22(4)13-15-8-6-7-9-17(15)19/h6-12,19H,13-14H2,1-5H3. The Bertz CT molecular complexity index is 699. The molecule has 0 spiro atoms. The number of hydrogen-bond acceptors (Lipinski definition) is 2. The normalized spacial score (nSPS) is 18.6. The molecule has 1 heterocycles. The minimum absolute atomic E-state index is 0.140. The van der Waals surface area contributed by atoms with Crippen molar-refractivity contribution in [3.8, 4) is 5.75 Å². The first-order valence-electron chi connectivity index (χ1n) is 8.35. The molecule has 0 aromatic heterocycles. The molecule has 0 saturated carbocycles. The average Bonchev–Trinajstić information content (AvgIpc) is 2.52. The van der Waals surface area contributed by atoms with Gasteiger partial charge in [-0.3, -0.25) is 0 Å². The van der Waals surface area contributed by atoms with Gasteiger partial charge in [0, 0.05) is 24.6 Å². The van der Waals surface area contributed by atoms with Gasteiger partial charge in [-0.2, -0.15) is 0 Å². The second-order valence-corrected chi connectivity index (χ2v) is 7.65. The van der Waals surface area contributed by atoms with Crippen LogP contribution in [0.4, 0.5) is 0 Å². The van der Waals surface area contributed by atoms with Crippen molar-refractivity contribution in [1.82, 2.24) is 4.90 Å². The lowest BCUT2D eigenvalue weighted by Gasteiger charge is -2.34. The van der Waals surface area contributed by atoms with Crippen molar-refractivity contribution in [2.24, 2.45) is 0 Å². The molecule has 2 nitrogen and oxygen atoms in total. The molecule has 1 aliphatic heterocycles. The number of likely N-dealkylation sites (N-methyl/N-ethyl adjacent to an activating group) is 1. The van der Waals surface area contributed by atoms with E-state index in [1.807, 2.05) is 0 Å². The molecular formula is C21H27NO. The lowest BCUT2D eigenvalue weighted by molar-refractivity contribution is 0.291. The zero-order chi connectivity index (χ0) is 16.6. The van der Waals surface area contributed by atoms with Crippen LogP contribution in [0.3, 0.4) is 0 Å². The molecule has 0 fully saturated rings. The van der Waals surface area contributed by atoms with Gasteiger partial charge in [0.25, 0.3) is 0 Å². The molecule has 0 amide bonds. The largest absolute Gasteiger partial charge is 0.496 e. The van der Waals surface area contributed by atoms with E-state index in [2.05, 4.69) is 75.2 Å². The summed E-state index contributed by atoms with van der Waals surface area (Å²) in [6.45, 7) is 8.84. The Morgan fingerprint density at radius 2 is 1.78 bits per heavy atom. The van der Waals surface area contributed by atoms with Crippen molar-refractivity contribution < 1.29 is 4.74 Å². The molecule has 0 N–H and O–H groups in total. The summed E-state index contributed by atoms with van der Waals surface area (Å²) in [6.07, 6.45) is 0. The van der Waals surface area contributed by atoms with E-state index < -0.39 is 0 Å². The first kappa shape index (κ1) is 16.1. The number of benzene rings is 2. The van der Waals surface area contributed by atoms with Crippen LogP contribution < -0.4 is 4.74 Å². The highest BCUT2D eigenvalue weighted by molar-refractivity contribution is 5.48. The highest BCUT2D eigenvalue weighted by Gasteiger charge is 2.28. The van der Waals surface area contributed by atoms with Crippen LogP contribution in [0, 0.1) is 0 Å². The van der Waals surface area contributed by atoms with Crippen LogP contribution in [0.15, 0.2) is 42.5 Å². The van der Waals surface area contributed by atoms with Gasteiger partial charge in [-0.1, -0.05) is 57.2 Å². The smallest absolute Gasteiger partial charge is 0.122 e. The number of methoxy groups -OCH3 is 1. The first-order valence-corrected chi connectivity index (χ1v) is 8.35. The Morgan fingerprint density at radius 3 is 2.48 bits per heavy atom. The predicted octanol–water partition coefficient (Wildman–Crippen LogP) is 4.57. The third kappa shape index (κ3) is 3.13. The van der Waals surface area contributed by atoms with Gasteiger partial charge in [-0.25, -0.2) is 0 Å². The highest BCUT2D eigenvalue weighted by atomic mass is 16.5. The van der Waals surface area contributed by atoms with Crippen LogP contribution in [0.25, 0.3) is 0 Å². The molecule has 2 aromatic carbocycles. The predicted molar refractivity (Wildman–Crippen MR) is 96.3 cm³/mol. The van der Waals surface area contributed by atoms with E-state index in [1.54, 1.807) is 7.11 Å². The van der Waals surface area contributed by atoms with E-state index in [4.69, 9.17) is 4.74 Å². The second kappa shape index (κ2) is 6.01. The molecule has 23 heavy (non-hydrogen) atoms. The third-order valence-electron chi connectivity index (χ3n) is 4.84. The van der Waals surface area contributed by atoms with E-state index in [9.17, 15) is 0 Å². The molecule has 0 saturated heterocycles. The molecule has 2 aromatic rings. The third-order valence-corrected chi connectivity index (χ3v) is 4.84. The van der Waals surface area contributed by atoms with E-state index in [0.717, 1.165) is 18.8 Å². The van der Waals surface area contributed by atoms with Crippen LogP contribution in [0.2, 0.25) is 0 Å². The molecule has 3 rings (SSSR count). The van der Waals surface area contributed by atoms with Gasteiger partial charge in [0.2, 0.25) is 0 Å². The lowest BCUT2D eigenvalue weighted by atomic mass is 9.80. The minimum Gasteiger partial charge on any atom is -0.496 e. The Hall–Kier alpha value is -1.80. The van der Waals surface area contributed by atoms with Gasteiger partial charge < -0.3 is 9.64 Å². The van der Waals surface area contributed by atoms with Crippen molar-refractivity contribution in [1.29, 1.82) is 0 Å². The topological polar surface area (TPSA) is 12.5 Å². The minimum atomic E-state index is 0.140. The summed E-state index contributed by atoms with van der Waals surface area (Å²) >= 11 is 0. The quantitative estimate of drug-likeness (QED) is 0.805. The fourth-order valence-electron chi connectivity index (χ4n) is 3.52. The Kier molecular flexibility index (Phi) is 4.20. The molecule has 1 aliphatic rings. The summed E-state index contributed by atoms with van der Waals surface area (Å²) in [5, 5.41) is 0. The van der Waals surface area contributed by atoms with Gasteiger partial charge in [0.15, 0.2) is 0 Å². The molecule has 0 radical (unpaired) electrons. The van der Waals surface area contributed by atoms with Crippen molar-refractivity contribution in [3.63, 3.8) is 0 Å². The number of rotatable bonds is 2. The van der Waals surface area contributed by atoms with E-state index >= 15 is 0 Å². The second-order valence-electron chi connectivity index (χ2n) is 7.65. The molecule has 0 bridgehead atoms. The van der Waals surface area contributed by atoms with Crippen LogP contribution in [-0.2, 0) is 12.0 Å². The van der Waals surface area contributed by atoms with Crippen LogP contribution in [-0.4, -0.2) is 25.6 Å². The van der Waals surface area contributed by atoms with Crippen LogP contribution in [0.5, 0.6) is 5.75 Å². The molecular weight excluding hydrogens is 282 g/mol. The summed E-state index contributed by atoms with van der Waals surface area (Å²) in [7, 11) is 3.97. The number of fused-ring (bicyclic) bond motifs is 1. The molecule has 122 valence electrons. The molecule has 1 unspecified atom stereocenters. The Balaban J connectivity index is 2.14. The molecule has 1 atom stereocenters. The van der Waals surface area contributed by atoms with Gasteiger partial charge in [-0.05, 0) is 35.2 Å². The number of hydrogen-bond donors (Lipinski definition) is 0. The summed E-state index contributed by atoms with van der Waals surface area (Å²) in [6, 6.07) is 15.5. The maximum Gasteiger partial charge on any atom is 0.122 e. The first-order chi connectivity index (χ1) is 10.9. The van der Waals surface area contributed by atoms with Crippen LogP contribution >= 0.6 is 0 Å². The van der Waals surface area contributed by atoms with E-state index in [-0.39, 0.29) is 5.41 Å². The highest BCUT2D eigenvalue weighted by Crippen LogP contribution is 2.39. The van der Waals surface area contributed by atoms with Crippen molar-refractivity contribution in [2.75, 3.05) is 20.7 Å². The lowest BCUT2D eigenvalue weighted by Crippen LogP contribution is -2.31. The maximum atomic E-state index is 5.70. The van der Waals surface area contributed by atoms with E-state index in [1.165, 1.54) is 22.3 Å². The van der Waals surface area contributed by atoms with E-state index in [0.29, 0.717) is 5.92 Å². The Labute approximate surface area is 140 Å². The number of nitrogens with zero attached hydrogens (tertiary/aromatic N) is 1. The Morgan fingerprint density at radius 1 is 1.04 bits per heavy atom. The molecule has 2 heteroatoms. The number of ether oxygens (including phenoxy) is 1. The van der Waals surface area contributed by atoms with Crippen molar-refractivity contribution in [3.05, 3.63) is 64.7 Å². The molecule has 0 aliphatic carbocycles. The maximum absolute atomic E-state index is 5.70. The summed E-state index contributed by atoms with van der Waals surface area (Å²) in [5.74, 6) is 1.36. The summed E-state index contributed by atoms with van der Waals surface area (Å²) in [5.41, 5.74) is 5.67. The zero-order valence-corrected chi connectivity index (χ0v) is 14.9. The van der Waals surface area contributed by atoms with Gasteiger partial charge >= 0.3 is 0 Å². The van der Waals surface area contributed by atoms with Crippen molar-refractivity contribution >= 4 is 0 Å².